The van der Waals surface area contributed by atoms with Gasteiger partial charge in [-0.15, -0.1) is 11.8 Å². The number of likely N-dealkylation sites (tertiary alicyclic amines) is 1. The average Bonchev–Trinajstić information content (AvgIpc) is 2.78. The van der Waals surface area contributed by atoms with Crippen LogP contribution in [-0.2, 0) is 9.59 Å². The second-order valence-electron chi connectivity index (χ2n) is 5.90. The van der Waals surface area contributed by atoms with Crippen molar-refractivity contribution in [3.05, 3.63) is 0 Å². The zero-order valence-electron chi connectivity index (χ0n) is 12.2. The molecule has 1 spiro atoms. The number of thioether (sulfide) groups is 1. The van der Waals surface area contributed by atoms with Gasteiger partial charge in [0.2, 0.25) is 11.8 Å². The highest BCUT2D eigenvalue weighted by Crippen LogP contribution is 2.43. The van der Waals surface area contributed by atoms with Gasteiger partial charge in [0, 0.05) is 18.2 Å². The van der Waals surface area contributed by atoms with Gasteiger partial charge in [-0.05, 0) is 6.92 Å². The molecule has 0 aromatic carbocycles. The van der Waals surface area contributed by atoms with Gasteiger partial charge in [-0.1, -0.05) is 13.8 Å². The smallest absolute Gasteiger partial charge is 0.243 e. The van der Waals surface area contributed by atoms with Crippen LogP contribution in [0.25, 0.3) is 0 Å². The molecule has 114 valence electrons. The lowest BCUT2D eigenvalue weighted by atomic mass is 10.0. The lowest BCUT2D eigenvalue weighted by Crippen LogP contribution is -2.70. The molecular formula is C13H23N3O3S. The normalized spacial score (nSPS) is 23.9. The number of rotatable bonds is 3. The van der Waals surface area contributed by atoms with Crippen LogP contribution in [0.2, 0.25) is 0 Å². The molecule has 2 heterocycles. The Balaban J connectivity index is 2.03. The van der Waals surface area contributed by atoms with Crippen LogP contribution in [0.4, 0.5) is 0 Å². The van der Waals surface area contributed by atoms with Crippen molar-refractivity contribution in [2.24, 2.45) is 11.7 Å². The van der Waals surface area contributed by atoms with E-state index in [4.69, 9.17) is 5.73 Å². The molecule has 0 radical (unpaired) electrons. The molecule has 0 aliphatic carbocycles. The first-order valence-electron chi connectivity index (χ1n) is 6.96. The third-order valence-corrected chi connectivity index (χ3v) is 5.33. The van der Waals surface area contributed by atoms with Crippen molar-refractivity contribution >= 4 is 23.6 Å². The molecule has 0 unspecified atom stereocenters. The van der Waals surface area contributed by atoms with E-state index in [2.05, 4.69) is 0 Å². The summed E-state index contributed by atoms with van der Waals surface area (Å²) in [4.78, 5) is 27.5. The summed E-state index contributed by atoms with van der Waals surface area (Å²) in [6.45, 7) is 7.03. The van der Waals surface area contributed by atoms with Crippen LogP contribution < -0.4 is 5.73 Å². The Hall–Kier alpha value is -0.790. The minimum absolute atomic E-state index is 0.0253. The summed E-state index contributed by atoms with van der Waals surface area (Å²) >= 11 is 1.70. The predicted octanol–water partition coefficient (Wildman–Crippen LogP) is -0.536. The van der Waals surface area contributed by atoms with Crippen LogP contribution in [0.5, 0.6) is 0 Å². The Kier molecular flexibility index (Phi) is 4.32. The van der Waals surface area contributed by atoms with E-state index < -0.39 is 12.1 Å². The van der Waals surface area contributed by atoms with Crippen molar-refractivity contribution in [2.45, 2.75) is 37.8 Å². The van der Waals surface area contributed by atoms with Gasteiger partial charge >= 0.3 is 0 Å². The largest absolute Gasteiger partial charge is 0.391 e. The summed E-state index contributed by atoms with van der Waals surface area (Å²) in [5, 5.41) is 9.48. The van der Waals surface area contributed by atoms with Crippen molar-refractivity contribution in [1.29, 1.82) is 0 Å². The molecule has 2 saturated heterocycles. The summed E-state index contributed by atoms with van der Waals surface area (Å²) in [7, 11) is 0. The van der Waals surface area contributed by atoms with E-state index in [9.17, 15) is 14.7 Å². The van der Waals surface area contributed by atoms with Gasteiger partial charge in [-0.2, -0.15) is 0 Å². The Morgan fingerprint density at radius 3 is 2.35 bits per heavy atom. The summed E-state index contributed by atoms with van der Waals surface area (Å²) < 4.78 is 0. The SMILES string of the molecule is CC(C)C(=O)N1CC2(C1)SCCN2C(=O)[C@@H](N)[C@@H](C)O. The van der Waals surface area contributed by atoms with Gasteiger partial charge in [0.15, 0.2) is 0 Å². The highest BCUT2D eigenvalue weighted by atomic mass is 32.2. The first-order chi connectivity index (χ1) is 9.28. The number of nitrogens with two attached hydrogens (primary N) is 1. The maximum Gasteiger partial charge on any atom is 0.243 e. The van der Waals surface area contributed by atoms with Crippen LogP contribution in [0, 0.1) is 5.92 Å². The molecule has 0 saturated carbocycles. The Labute approximate surface area is 123 Å². The molecule has 2 atom stereocenters. The number of carbonyl (C=O) groups excluding carboxylic acids is 2. The monoisotopic (exact) mass is 301 g/mol. The van der Waals surface area contributed by atoms with E-state index in [1.165, 1.54) is 6.92 Å². The number of amides is 2. The first kappa shape index (κ1) is 15.6. The van der Waals surface area contributed by atoms with Gasteiger partial charge in [0.1, 0.15) is 10.9 Å². The van der Waals surface area contributed by atoms with Gasteiger partial charge in [-0.3, -0.25) is 9.59 Å². The third-order valence-electron chi connectivity index (χ3n) is 3.93. The van der Waals surface area contributed by atoms with Crippen molar-refractivity contribution in [3.8, 4) is 0 Å². The topological polar surface area (TPSA) is 86.9 Å². The van der Waals surface area contributed by atoms with E-state index >= 15 is 0 Å². The van der Waals surface area contributed by atoms with E-state index in [1.54, 1.807) is 21.6 Å². The number of aliphatic hydroxyl groups excluding tert-OH is 1. The summed E-state index contributed by atoms with van der Waals surface area (Å²) in [6.07, 6.45) is -0.862. The molecule has 3 N–H and O–H groups in total. The molecule has 0 bridgehead atoms. The number of hydrogen-bond acceptors (Lipinski definition) is 5. The molecule has 2 amide bonds. The highest BCUT2D eigenvalue weighted by molar-refractivity contribution is 8.01. The highest BCUT2D eigenvalue weighted by Gasteiger charge is 2.55. The van der Waals surface area contributed by atoms with E-state index in [0.29, 0.717) is 19.6 Å². The predicted molar refractivity (Wildman–Crippen MR) is 78.0 cm³/mol. The van der Waals surface area contributed by atoms with Crippen LogP contribution in [0.1, 0.15) is 20.8 Å². The fourth-order valence-electron chi connectivity index (χ4n) is 2.64. The van der Waals surface area contributed by atoms with Crippen LogP contribution in [0.3, 0.4) is 0 Å². The molecular weight excluding hydrogens is 278 g/mol. The Morgan fingerprint density at radius 1 is 1.25 bits per heavy atom. The van der Waals surface area contributed by atoms with Crippen molar-refractivity contribution in [1.82, 2.24) is 9.80 Å². The zero-order valence-corrected chi connectivity index (χ0v) is 13.0. The maximum absolute atomic E-state index is 12.3. The van der Waals surface area contributed by atoms with Gasteiger partial charge in [-0.25, -0.2) is 0 Å². The Morgan fingerprint density at radius 2 is 1.85 bits per heavy atom. The fourth-order valence-corrected chi connectivity index (χ4v) is 4.12. The van der Waals surface area contributed by atoms with Crippen molar-refractivity contribution in [2.75, 3.05) is 25.4 Å². The molecule has 20 heavy (non-hydrogen) atoms. The van der Waals surface area contributed by atoms with Gasteiger partial charge in [0.25, 0.3) is 0 Å². The molecule has 2 aliphatic heterocycles. The van der Waals surface area contributed by atoms with Crippen LogP contribution >= 0.6 is 11.8 Å². The minimum Gasteiger partial charge on any atom is -0.391 e. The van der Waals surface area contributed by atoms with Crippen molar-refractivity contribution < 1.29 is 14.7 Å². The van der Waals surface area contributed by atoms with Gasteiger partial charge < -0.3 is 20.6 Å². The van der Waals surface area contributed by atoms with Crippen LogP contribution in [-0.4, -0.2) is 69.1 Å². The average molecular weight is 301 g/mol. The second-order valence-corrected chi connectivity index (χ2v) is 7.36. The maximum atomic E-state index is 12.3. The van der Waals surface area contributed by atoms with Crippen LogP contribution in [0.15, 0.2) is 0 Å². The molecule has 2 aliphatic rings. The minimum atomic E-state index is -0.888. The summed E-state index contributed by atoms with van der Waals surface area (Å²) in [5.74, 6) is 0.724. The molecule has 2 rings (SSSR count). The molecule has 6 nitrogen and oxygen atoms in total. The number of hydrogen-bond donors (Lipinski definition) is 2. The second kappa shape index (κ2) is 5.54. The van der Waals surface area contributed by atoms with Gasteiger partial charge in [0.05, 0.1) is 19.2 Å². The van der Waals surface area contributed by atoms with E-state index in [1.807, 2.05) is 13.8 Å². The third kappa shape index (κ3) is 2.54. The lowest BCUT2D eigenvalue weighted by Gasteiger charge is -2.52. The number of aliphatic hydroxyl groups is 1. The van der Waals surface area contributed by atoms with Crippen molar-refractivity contribution in [3.63, 3.8) is 0 Å². The summed E-state index contributed by atoms with van der Waals surface area (Å²) in [5.41, 5.74) is 5.75. The lowest BCUT2D eigenvalue weighted by molar-refractivity contribution is -0.151. The zero-order chi connectivity index (χ0) is 15.1. The standard InChI is InChI=1S/C13H23N3O3S/c1-8(2)11(18)15-6-13(7-15)16(4-5-20-13)12(19)10(14)9(3)17/h8-10,17H,4-7,14H2,1-3H3/t9-,10+/m1/s1. The Bertz CT molecular complexity index is 408. The molecule has 7 heteroatoms. The molecule has 0 aromatic rings. The van der Waals surface area contributed by atoms with E-state index in [-0.39, 0.29) is 22.6 Å². The summed E-state index contributed by atoms with van der Waals surface area (Å²) in [6, 6.07) is -0.888. The number of carbonyl (C=O) groups is 2. The fraction of sp³-hybridized carbons (Fsp3) is 0.846. The molecule has 2 fully saturated rings. The quantitative estimate of drug-likeness (QED) is 0.731. The first-order valence-corrected chi connectivity index (χ1v) is 7.95. The van der Waals surface area contributed by atoms with E-state index in [0.717, 1.165) is 5.75 Å². The molecule has 0 aromatic heterocycles. The number of nitrogens with zero attached hydrogens (tertiary/aromatic N) is 2.